The molecule has 0 spiro atoms. The van der Waals surface area contributed by atoms with Gasteiger partial charge < -0.3 is 15.4 Å². The predicted octanol–water partition coefficient (Wildman–Crippen LogP) is 4.26. The van der Waals surface area contributed by atoms with Gasteiger partial charge in [0, 0.05) is 11.6 Å². The third-order valence-corrected chi connectivity index (χ3v) is 6.64. The van der Waals surface area contributed by atoms with E-state index in [9.17, 15) is 4.79 Å². The van der Waals surface area contributed by atoms with Crippen LogP contribution in [-0.4, -0.2) is 35.0 Å². The Hall–Kier alpha value is -1.80. The Morgan fingerprint density at radius 2 is 2.07 bits per heavy atom. The first-order valence-electron chi connectivity index (χ1n) is 9.31. The molecular weight excluding hydrogens is 380 g/mol. The average Bonchev–Trinajstić information content (AvgIpc) is 3.14. The van der Waals surface area contributed by atoms with Crippen molar-refractivity contribution >= 4 is 34.1 Å². The van der Waals surface area contributed by atoms with Gasteiger partial charge in [-0.2, -0.15) is 0 Å². The van der Waals surface area contributed by atoms with Crippen LogP contribution in [-0.2, 0) is 4.79 Å². The number of ether oxygens (including phenoxy) is 1. The number of anilines is 1. The highest BCUT2D eigenvalue weighted by atomic mass is 32.2. The van der Waals surface area contributed by atoms with E-state index in [0.717, 1.165) is 20.8 Å². The maximum absolute atomic E-state index is 12.3. The lowest BCUT2D eigenvalue weighted by molar-refractivity contribution is -0.119. The Morgan fingerprint density at radius 1 is 1.30 bits per heavy atom. The number of carbonyl (C=O) groups is 1. The van der Waals surface area contributed by atoms with E-state index < -0.39 is 0 Å². The van der Waals surface area contributed by atoms with Gasteiger partial charge in [0.25, 0.3) is 0 Å². The maximum Gasteiger partial charge on any atom is 0.230 e. The highest BCUT2D eigenvalue weighted by Crippen LogP contribution is 2.29. The number of aromatic nitrogens is 2. The molecule has 146 valence electrons. The zero-order valence-corrected chi connectivity index (χ0v) is 17.4. The number of nitrogens with one attached hydrogen (secondary N) is 2. The van der Waals surface area contributed by atoms with Crippen LogP contribution < -0.4 is 15.4 Å². The van der Waals surface area contributed by atoms with Gasteiger partial charge in [0.05, 0.1) is 18.9 Å². The van der Waals surface area contributed by atoms with Crippen molar-refractivity contribution in [1.82, 2.24) is 15.5 Å². The molecule has 27 heavy (non-hydrogen) atoms. The number of hydrogen-bond donors (Lipinski definition) is 2. The topological polar surface area (TPSA) is 76.1 Å². The van der Waals surface area contributed by atoms with Gasteiger partial charge in [-0.15, -0.1) is 10.2 Å². The second-order valence-electron chi connectivity index (χ2n) is 6.67. The van der Waals surface area contributed by atoms with Gasteiger partial charge >= 0.3 is 0 Å². The Labute approximate surface area is 168 Å². The Bertz CT molecular complexity index is 747. The van der Waals surface area contributed by atoms with Crippen molar-refractivity contribution in [2.45, 2.75) is 55.5 Å². The third-order valence-electron chi connectivity index (χ3n) is 4.65. The fourth-order valence-corrected chi connectivity index (χ4v) is 4.90. The van der Waals surface area contributed by atoms with Crippen LogP contribution in [0.2, 0.25) is 0 Å². The molecular formula is C19H26N4O2S2. The summed E-state index contributed by atoms with van der Waals surface area (Å²) in [5, 5.41) is 15.7. The predicted molar refractivity (Wildman–Crippen MR) is 111 cm³/mol. The number of rotatable bonds is 8. The zero-order chi connectivity index (χ0) is 19.1. The minimum absolute atomic E-state index is 0.0320. The van der Waals surface area contributed by atoms with Crippen LogP contribution in [0.25, 0.3) is 0 Å². The van der Waals surface area contributed by atoms with Crippen LogP contribution in [0.3, 0.4) is 0 Å². The number of amides is 1. The van der Waals surface area contributed by atoms with E-state index in [1.807, 2.05) is 31.2 Å². The van der Waals surface area contributed by atoms with E-state index in [0.29, 0.717) is 11.8 Å². The average molecular weight is 407 g/mol. The molecule has 2 aromatic rings. The number of para-hydroxylation sites is 1. The van der Waals surface area contributed by atoms with Crippen molar-refractivity contribution < 1.29 is 9.53 Å². The second kappa shape index (κ2) is 9.94. The Balaban J connectivity index is 1.46. The van der Waals surface area contributed by atoms with E-state index in [4.69, 9.17) is 4.74 Å². The second-order valence-corrected chi connectivity index (χ2v) is 8.87. The van der Waals surface area contributed by atoms with Gasteiger partial charge in [-0.25, -0.2) is 0 Å². The van der Waals surface area contributed by atoms with Crippen molar-refractivity contribution in [3.8, 4) is 5.75 Å². The SMILES string of the molecule is COc1ccccc1C(C)NC(=O)CSc1nnc(NC2CCCCC2)s1. The maximum atomic E-state index is 12.3. The number of methoxy groups -OCH3 is 1. The van der Waals surface area contributed by atoms with Gasteiger partial charge in [-0.05, 0) is 25.8 Å². The molecule has 6 nitrogen and oxygen atoms in total. The number of hydrogen-bond acceptors (Lipinski definition) is 7. The lowest BCUT2D eigenvalue weighted by Gasteiger charge is -2.21. The summed E-state index contributed by atoms with van der Waals surface area (Å²) in [6.07, 6.45) is 6.29. The van der Waals surface area contributed by atoms with Crippen LogP contribution in [0, 0.1) is 0 Å². The highest BCUT2D eigenvalue weighted by molar-refractivity contribution is 8.01. The minimum atomic E-state index is -0.118. The van der Waals surface area contributed by atoms with E-state index in [1.54, 1.807) is 7.11 Å². The molecule has 1 amide bonds. The molecule has 1 atom stereocenters. The van der Waals surface area contributed by atoms with Gasteiger partial charge in [-0.3, -0.25) is 4.79 Å². The summed E-state index contributed by atoms with van der Waals surface area (Å²) in [7, 11) is 1.64. The number of thioether (sulfide) groups is 1. The zero-order valence-electron chi connectivity index (χ0n) is 15.7. The summed E-state index contributed by atoms with van der Waals surface area (Å²) in [6.45, 7) is 1.96. The first-order chi connectivity index (χ1) is 13.2. The minimum Gasteiger partial charge on any atom is -0.496 e. The fraction of sp³-hybridized carbons (Fsp3) is 0.526. The van der Waals surface area contributed by atoms with Crippen molar-refractivity contribution in [2.24, 2.45) is 0 Å². The molecule has 0 aliphatic heterocycles. The fourth-order valence-electron chi connectivity index (χ4n) is 3.26. The molecule has 2 N–H and O–H groups in total. The number of nitrogens with zero attached hydrogens (tertiary/aromatic N) is 2. The monoisotopic (exact) mass is 406 g/mol. The van der Waals surface area contributed by atoms with Crippen molar-refractivity contribution in [3.63, 3.8) is 0 Å². The summed E-state index contributed by atoms with van der Waals surface area (Å²) in [4.78, 5) is 12.3. The normalized spacial score (nSPS) is 15.9. The first-order valence-corrected chi connectivity index (χ1v) is 11.1. The third kappa shape index (κ3) is 5.84. The van der Waals surface area contributed by atoms with E-state index in [1.165, 1.54) is 55.2 Å². The summed E-state index contributed by atoms with van der Waals surface area (Å²) >= 11 is 2.94. The smallest absolute Gasteiger partial charge is 0.230 e. The largest absolute Gasteiger partial charge is 0.496 e. The molecule has 1 saturated carbocycles. The van der Waals surface area contributed by atoms with Crippen LogP contribution >= 0.6 is 23.1 Å². The quantitative estimate of drug-likeness (QED) is 0.638. The van der Waals surface area contributed by atoms with Crippen LogP contribution in [0.5, 0.6) is 5.75 Å². The van der Waals surface area contributed by atoms with Crippen LogP contribution in [0.1, 0.15) is 50.6 Å². The lowest BCUT2D eigenvalue weighted by Crippen LogP contribution is -2.28. The molecule has 8 heteroatoms. The lowest BCUT2D eigenvalue weighted by atomic mass is 9.96. The molecule has 0 saturated heterocycles. The van der Waals surface area contributed by atoms with E-state index in [-0.39, 0.29) is 11.9 Å². The summed E-state index contributed by atoms with van der Waals surface area (Å²) in [6, 6.07) is 8.11. The molecule has 1 aliphatic carbocycles. The number of benzene rings is 1. The number of carbonyl (C=O) groups excluding carboxylic acids is 1. The van der Waals surface area contributed by atoms with Crippen LogP contribution in [0.4, 0.5) is 5.13 Å². The molecule has 1 heterocycles. The molecule has 1 aromatic heterocycles. The van der Waals surface area contributed by atoms with Crippen molar-refractivity contribution in [1.29, 1.82) is 0 Å². The Kier molecular flexibility index (Phi) is 7.34. The summed E-state index contributed by atoms with van der Waals surface area (Å²) < 4.78 is 6.18. The van der Waals surface area contributed by atoms with E-state index >= 15 is 0 Å². The highest BCUT2D eigenvalue weighted by Gasteiger charge is 2.17. The molecule has 0 radical (unpaired) electrons. The molecule has 0 bridgehead atoms. The van der Waals surface area contributed by atoms with Gasteiger partial charge in [0.1, 0.15) is 5.75 Å². The van der Waals surface area contributed by atoms with Gasteiger partial charge in [0.2, 0.25) is 11.0 Å². The molecule has 1 aromatic carbocycles. The van der Waals surface area contributed by atoms with Crippen molar-refractivity contribution in [2.75, 3.05) is 18.2 Å². The first kappa shape index (κ1) is 19.9. The van der Waals surface area contributed by atoms with Gasteiger partial charge in [0.15, 0.2) is 4.34 Å². The van der Waals surface area contributed by atoms with Crippen LogP contribution in [0.15, 0.2) is 28.6 Å². The molecule has 1 unspecified atom stereocenters. The van der Waals surface area contributed by atoms with Gasteiger partial charge in [-0.1, -0.05) is 60.6 Å². The summed E-state index contributed by atoms with van der Waals surface area (Å²) in [5.74, 6) is 1.06. The van der Waals surface area contributed by atoms with Crippen molar-refractivity contribution in [3.05, 3.63) is 29.8 Å². The molecule has 1 fully saturated rings. The van der Waals surface area contributed by atoms with E-state index in [2.05, 4.69) is 20.8 Å². The standard InChI is InChI=1S/C19H26N4O2S2/c1-13(15-10-6-7-11-16(15)25-2)20-17(24)12-26-19-23-22-18(27-19)21-14-8-4-3-5-9-14/h6-7,10-11,13-14H,3-5,8-9,12H2,1-2H3,(H,20,24)(H,21,22). The summed E-state index contributed by atoms with van der Waals surface area (Å²) in [5.41, 5.74) is 0.966. The Morgan fingerprint density at radius 3 is 2.85 bits per heavy atom. The molecule has 3 rings (SSSR count). The molecule has 1 aliphatic rings.